The molecule has 0 atom stereocenters. The fourth-order valence-corrected chi connectivity index (χ4v) is 4.30. The fraction of sp³-hybridized carbons (Fsp3) is 0.250. The number of amides is 2. The molecule has 174 valence electrons. The van der Waals surface area contributed by atoms with Crippen LogP contribution in [0.2, 0.25) is 5.02 Å². The second kappa shape index (κ2) is 9.18. The summed E-state index contributed by atoms with van der Waals surface area (Å²) in [5, 5.41) is 4.02. The van der Waals surface area contributed by atoms with E-state index in [4.69, 9.17) is 16.0 Å². The molecular formula is C24H22ClN5O4. The number of anilines is 1. The van der Waals surface area contributed by atoms with Gasteiger partial charge in [0.15, 0.2) is 0 Å². The van der Waals surface area contributed by atoms with Crippen molar-refractivity contribution in [2.45, 2.75) is 6.54 Å². The van der Waals surface area contributed by atoms with Crippen molar-refractivity contribution in [2.24, 2.45) is 0 Å². The lowest BCUT2D eigenvalue weighted by Gasteiger charge is -2.36. The molecule has 2 aromatic heterocycles. The summed E-state index contributed by atoms with van der Waals surface area (Å²) in [6.07, 6.45) is 1.32. The molecule has 1 N–H and O–H groups in total. The number of rotatable bonds is 5. The number of carbonyl (C=O) groups excluding carboxylic acids is 2. The van der Waals surface area contributed by atoms with E-state index >= 15 is 0 Å². The van der Waals surface area contributed by atoms with Crippen LogP contribution in [0.15, 0.2) is 64.1 Å². The van der Waals surface area contributed by atoms with Gasteiger partial charge in [-0.05, 0) is 30.3 Å². The summed E-state index contributed by atoms with van der Waals surface area (Å²) < 4.78 is 6.81. The zero-order chi connectivity index (χ0) is 23.7. The van der Waals surface area contributed by atoms with Crippen molar-refractivity contribution in [3.63, 3.8) is 0 Å². The maximum absolute atomic E-state index is 12.7. The predicted molar refractivity (Wildman–Crippen MR) is 129 cm³/mol. The lowest BCUT2D eigenvalue weighted by atomic mass is 10.2. The third-order valence-corrected chi connectivity index (χ3v) is 6.14. The van der Waals surface area contributed by atoms with Gasteiger partial charge in [0.1, 0.15) is 17.6 Å². The van der Waals surface area contributed by atoms with Crippen molar-refractivity contribution in [1.29, 1.82) is 0 Å². The molecule has 1 saturated heterocycles. The van der Waals surface area contributed by atoms with E-state index in [1.165, 1.54) is 10.9 Å². The van der Waals surface area contributed by atoms with E-state index < -0.39 is 11.5 Å². The smallest absolute Gasteiger partial charge is 0.297 e. The first-order valence-electron chi connectivity index (χ1n) is 10.9. The predicted octanol–water partition coefficient (Wildman–Crippen LogP) is 2.26. The van der Waals surface area contributed by atoms with Crippen LogP contribution in [0.3, 0.4) is 0 Å². The third-order valence-electron chi connectivity index (χ3n) is 5.91. The Labute approximate surface area is 199 Å². The summed E-state index contributed by atoms with van der Waals surface area (Å²) in [7, 11) is 0. The second-order valence-corrected chi connectivity index (χ2v) is 8.51. The van der Waals surface area contributed by atoms with E-state index in [-0.39, 0.29) is 24.6 Å². The minimum absolute atomic E-state index is 0.102. The van der Waals surface area contributed by atoms with E-state index in [1.54, 1.807) is 11.0 Å². The zero-order valence-electron chi connectivity index (χ0n) is 18.2. The Balaban J connectivity index is 1.16. The average molecular weight is 480 g/mol. The number of piperazine rings is 1. The third kappa shape index (κ3) is 4.34. The number of halogens is 1. The zero-order valence-corrected chi connectivity index (χ0v) is 19.0. The number of hydrogen-bond donors (Lipinski definition) is 1. The van der Waals surface area contributed by atoms with Crippen molar-refractivity contribution >= 4 is 51.2 Å². The van der Waals surface area contributed by atoms with Crippen molar-refractivity contribution < 1.29 is 14.0 Å². The number of hydrogen-bond acceptors (Lipinski definition) is 6. The van der Waals surface area contributed by atoms with Crippen molar-refractivity contribution in [3.8, 4) is 0 Å². The minimum atomic E-state index is -0.453. The normalized spacial score (nSPS) is 14.0. The molecule has 0 unspecified atom stereocenters. The summed E-state index contributed by atoms with van der Waals surface area (Å²) >= 11 is 6.07. The molecule has 34 heavy (non-hydrogen) atoms. The number of fused-ring (bicyclic) bond motifs is 3. The van der Waals surface area contributed by atoms with Gasteiger partial charge < -0.3 is 19.5 Å². The van der Waals surface area contributed by atoms with E-state index in [1.807, 2.05) is 42.5 Å². The molecule has 0 bridgehead atoms. The standard InChI is InChI=1S/C24H22ClN5O4/c25-16-4-3-5-17(12-16)28-8-10-29(11-9-28)21(32)13-26-20(31)14-30-15-27-22-18-6-1-2-7-19(18)34-23(22)24(30)33/h1-7,12,15H,8-11,13-14H2,(H,26,31). The topological polar surface area (TPSA) is 101 Å². The number of carbonyl (C=O) groups is 2. The van der Waals surface area contributed by atoms with Crippen molar-refractivity contribution in [2.75, 3.05) is 37.6 Å². The molecule has 0 aliphatic carbocycles. The van der Waals surface area contributed by atoms with E-state index in [0.717, 1.165) is 11.1 Å². The van der Waals surface area contributed by atoms with Gasteiger partial charge in [0.05, 0.1) is 12.9 Å². The van der Waals surface area contributed by atoms with Gasteiger partial charge in [0, 0.05) is 42.3 Å². The van der Waals surface area contributed by atoms with Crippen LogP contribution in [0.4, 0.5) is 5.69 Å². The van der Waals surface area contributed by atoms with Crippen LogP contribution in [0.25, 0.3) is 22.1 Å². The molecule has 4 aromatic rings. The lowest BCUT2D eigenvalue weighted by molar-refractivity contribution is -0.133. The van der Waals surface area contributed by atoms with E-state index in [0.29, 0.717) is 42.3 Å². The molecule has 1 fully saturated rings. The Morgan fingerprint density at radius 1 is 1.06 bits per heavy atom. The molecule has 5 rings (SSSR count). The van der Waals surface area contributed by atoms with Gasteiger partial charge in [-0.2, -0.15) is 0 Å². The Kier molecular flexibility index (Phi) is 5.93. The molecule has 0 spiro atoms. The van der Waals surface area contributed by atoms with Crippen molar-refractivity contribution in [3.05, 3.63) is 70.2 Å². The number of para-hydroxylation sites is 1. The minimum Gasteiger partial charge on any atom is -0.448 e. The Morgan fingerprint density at radius 3 is 2.65 bits per heavy atom. The highest BCUT2D eigenvalue weighted by molar-refractivity contribution is 6.30. The molecule has 9 nitrogen and oxygen atoms in total. The first kappa shape index (κ1) is 22.0. The molecule has 1 aliphatic heterocycles. The van der Waals surface area contributed by atoms with Gasteiger partial charge >= 0.3 is 0 Å². The average Bonchev–Trinajstić information content (AvgIpc) is 3.24. The van der Waals surface area contributed by atoms with Crippen LogP contribution in [0.5, 0.6) is 0 Å². The number of nitrogens with one attached hydrogen (secondary N) is 1. The van der Waals surface area contributed by atoms with Gasteiger partial charge in [-0.25, -0.2) is 4.98 Å². The molecule has 1 aliphatic rings. The van der Waals surface area contributed by atoms with Crippen LogP contribution in [0, 0.1) is 0 Å². The van der Waals surface area contributed by atoms with Gasteiger partial charge in [-0.1, -0.05) is 29.8 Å². The van der Waals surface area contributed by atoms with Gasteiger partial charge in [-0.3, -0.25) is 19.0 Å². The maximum atomic E-state index is 12.7. The van der Waals surface area contributed by atoms with Crippen molar-refractivity contribution in [1.82, 2.24) is 19.8 Å². The fourth-order valence-electron chi connectivity index (χ4n) is 4.11. The number of aromatic nitrogens is 2. The maximum Gasteiger partial charge on any atom is 0.297 e. The summed E-state index contributed by atoms with van der Waals surface area (Å²) in [5.74, 6) is -0.623. The number of nitrogens with zero attached hydrogens (tertiary/aromatic N) is 4. The van der Waals surface area contributed by atoms with E-state index in [2.05, 4.69) is 15.2 Å². The van der Waals surface area contributed by atoms with Crippen LogP contribution >= 0.6 is 11.6 Å². The molecular weight excluding hydrogens is 458 g/mol. The molecule has 2 aromatic carbocycles. The number of furan rings is 1. The monoisotopic (exact) mass is 479 g/mol. The first-order valence-corrected chi connectivity index (χ1v) is 11.3. The summed E-state index contributed by atoms with van der Waals surface area (Å²) in [6.45, 7) is 2.07. The molecule has 0 radical (unpaired) electrons. The number of benzene rings is 2. The van der Waals surface area contributed by atoms with Crippen LogP contribution in [0.1, 0.15) is 0 Å². The molecule has 0 saturated carbocycles. The largest absolute Gasteiger partial charge is 0.448 e. The summed E-state index contributed by atoms with van der Waals surface area (Å²) in [4.78, 5) is 45.9. The summed E-state index contributed by atoms with van der Waals surface area (Å²) in [6, 6.07) is 14.8. The SMILES string of the molecule is O=C(Cn1cnc2c(oc3ccccc32)c1=O)NCC(=O)N1CCN(c2cccc(Cl)c2)CC1. The van der Waals surface area contributed by atoms with Gasteiger partial charge in [0.2, 0.25) is 17.4 Å². The Hall–Kier alpha value is -3.85. The van der Waals surface area contributed by atoms with E-state index in [9.17, 15) is 14.4 Å². The Morgan fingerprint density at radius 2 is 1.85 bits per heavy atom. The van der Waals surface area contributed by atoms with Gasteiger partial charge in [0.25, 0.3) is 5.56 Å². The molecule has 3 heterocycles. The highest BCUT2D eigenvalue weighted by atomic mass is 35.5. The summed E-state index contributed by atoms with van der Waals surface area (Å²) in [5.41, 5.74) is 1.70. The first-order chi connectivity index (χ1) is 16.5. The molecule has 10 heteroatoms. The Bertz CT molecular complexity index is 1440. The second-order valence-electron chi connectivity index (χ2n) is 8.08. The quantitative estimate of drug-likeness (QED) is 0.471. The van der Waals surface area contributed by atoms with Crippen LogP contribution in [-0.4, -0.2) is 59.0 Å². The lowest BCUT2D eigenvalue weighted by Crippen LogP contribution is -2.51. The van der Waals surface area contributed by atoms with Gasteiger partial charge in [-0.15, -0.1) is 0 Å². The highest BCUT2D eigenvalue weighted by Crippen LogP contribution is 2.24. The van der Waals surface area contributed by atoms with Crippen LogP contribution in [-0.2, 0) is 16.1 Å². The van der Waals surface area contributed by atoms with Crippen LogP contribution < -0.4 is 15.8 Å². The highest BCUT2D eigenvalue weighted by Gasteiger charge is 2.22. The molecule has 2 amide bonds.